The van der Waals surface area contributed by atoms with Crippen LogP contribution in [0.15, 0.2) is 48.7 Å². The third-order valence-corrected chi connectivity index (χ3v) is 2.89. The summed E-state index contributed by atoms with van der Waals surface area (Å²) in [6, 6.07) is 12.7. The molecule has 2 aromatic rings. The highest BCUT2D eigenvalue weighted by Crippen LogP contribution is 2.19. The summed E-state index contributed by atoms with van der Waals surface area (Å²) in [6.07, 6.45) is 1.10. The van der Waals surface area contributed by atoms with E-state index in [-0.39, 0.29) is 5.91 Å². The van der Waals surface area contributed by atoms with E-state index in [0.717, 1.165) is 5.69 Å². The molecule has 0 saturated carbocycles. The molecule has 0 aliphatic heterocycles. The lowest BCUT2D eigenvalue weighted by atomic mass is 10.3. The van der Waals surface area contributed by atoms with Gasteiger partial charge in [0.15, 0.2) is 6.10 Å². The van der Waals surface area contributed by atoms with Crippen LogP contribution in [0.1, 0.15) is 12.6 Å². The number of ether oxygens (including phenoxy) is 2. The highest BCUT2D eigenvalue weighted by atomic mass is 16.5. The summed E-state index contributed by atoms with van der Waals surface area (Å²) >= 11 is 0. The Morgan fingerprint density at radius 2 is 2.05 bits per heavy atom. The maximum atomic E-state index is 12.0. The number of nitrogens with one attached hydrogen (secondary N) is 1. The topological polar surface area (TPSA) is 60.5 Å². The Morgan fingerprint density at radius 1 is 1.24 bits per heavy atom. The summed E-state index contributed by atoms with van der Waals surface area (Å²) < 4.78 is 10.7. The first kappa shape index (κ1) is 14.8. The van der Waals surface area contributed by atoms with Crippen molar-refractivity contribution < 1.29 is 14.3 Å². The molecule has 2 rings (SSSR count). The van der Waals surface area contributed by atoms with E-state index in [1.807, 2.05) is 30.3 Å². The quantitative estimate of drug-likeness (QED) is 0.884. The maximum Gasteiger partial charge on any atom is 0.261 e. The molecule has 0 bridgehead atoms. The van der Waals surface area contributed by atoms with Crippen LogP contribution in [0.25, 0.3) is 0 Å². The molecule has 1 N–H and O–H groups in total. The van der Waals surface area contributed by atoms with Gasteiger partial charge in [-0.05, 0) is 31.2 Å². The van der Waals surface area contributed by atoms with Crippen LogP contribution in [-0.4, -0.2) is 24.1 Å². The molecular formula is C16H18N2O3. The monoisotopic (exact) mass is 286 g/mol. The number of nitrogens with zero attached hydrogens (tertiary/aromatic N) is 1. The van der Waals surface area contributed by atoms with Gasteiger partial charge in [0.1, 0.15) is 11.5 Å². The predicted octanol–water partition coefficient (Wildman–Crippen LogP) is 2.17. The van der Waals surface area contributed by atoms with E-state index in [1.54, 1.807) is 32.4 Å². The van der Waals surface area contributed by atoms with Crippen LogP contribution >= 0.6 is 0 Å². The maximum absolute atomic E-state index is 12.0. The molecule has 1 heterocycles. The van der Waals surface area contributed by atoms with Crippen LogP contribution in [0, 0.1) is 0 Å². The van der Waals surface area contributed by atoms with Gasteiger partial charge in [0.05, 0.1) is 19.3 Å². The Hall–Kier alpha value is -2.56. The first-order valence-corrected chi connectivity index (χ1v) is 6.67. The minimum Gasteiger partial charge on any atom is -0.497 e. The predicted molar refractivity (Wildman–Crippen MR) is 79.2 cm³/mol. The van der Waals surface area contributed by atoms with E-state index in [1.165, 1.54) is 0 Å². The van der Waals surface area contributed by atoms with Crippen molar-refractivity contribution in [1.82, 2.24) is 10.3 Å². The highest BCUT2D eigenvalue weighted by Gasteiger charge is 2.14. The molecular weight excluding hydrogens is 268 g/mol. The van der Waals surface area contributed by atoms with Gasteiger partial charge in [-0.2, -0.15) is 0 Å². The van der Waals surface area contributed by atoms with Crippen LogP contribution < -0.4 is 14.8 Å². The zero-order valence-corrected chi connectivity index (χ0v) is 12.1. The van der Waals surface area contributed by atoms with E-state index in [2.05, 4.69) is 10.3 Å². The molecule has 0 saturated heterocycles. The molecule has 1 amide bonds. The van der Waals surface area contributed by atoms with Crippen molar-refractivity contribution in [2.24, 2.45) is 0 Å². The fourth-order valence-electron chi connectivity index (χ4n) is 1.76. The summed E-state index contributed by atoms with van der Waals surface area (Å²) in [5, 5.41) is 2.79. The lowest BCUT2D eigenvalue weighted by Gasteiger charge is -2.15. The first-order valence-electron chi connectivity index (χ1n) is 6.67. The molecule has 1 unspecified atom stereocenters. The summed E-state index contributed by atoms with van der Waals surface area (Å²) in [4.78, 5) is 16.1. The van der Waals surface area contributed by atoms with Crippen molar-refractivity contribution in [3.63, 3.8) is 0 Å². The van der Waals surface area contributed by atoms with Gasteiger partial charge in [-0.25, -0.2) is 0 Å². The van der Waals surface area contributed by atoms with Gasteiger partial charge in [-0.15, -0.1) is 0 Å². The number of rotatable bonds is 6. The Labute approximate surface area is 123 Å². The number of pyridine rings is 1. The summed E-state index contributed by atoms with van der Waals surface area (Å²) in [5.74, 6) is 1.09. The molecule has 110 valence electrons. The normalized spacial score (nSPS) is 11.5. The van der Waals surface area contributed by atoms with Gasteiger partial charge in [-0.3, -0.25) is 9.78 Å². The fraction of sp³-hybridized carbons (Fsp3) is 0.250. The molecule has 1 atom stereocenters. The Kier molecular flexibility index (Phi) is 5.15. The number of carbonyl (C=O) groups excluding carboxylic acids is 1. The minimum atomic E-state index is -0.596. The number of benzene rings is 1. The highest BCUT2D eigenvalue weighted by molar-refractivity contribution is 5.80. The van der Waals surface area contributed by atoms with Crippen molar-refractivity contribution >= 4 is 5.91 Å². The second-order valence-electron chi connectivity index (χ2n) is 4.48. The van der Waals surface area contributed by atoms with E-state index in [0.29, 0.717) is 18.0 Å². The molecule has 5 nitrogen and oxygen atoms in total. The van der Waals surface area contributed by atoms with Crippen molar-refractivity contribution in [2.45, 2.75) is 19.6 Å². The van der Waals surface area contributed by atoms with Crippen LogP contribution in [-0.2, 0) is 11.3 Å². The van der Waals surface area contributed by atoms with Crippen LogP contribution in [0.5, 0.6) is 11.5 Å². The molecule has 0 radical (unpaired) electrons. The third-order valence-electron chi connectivity index (χ3n) is 2.89. The number of hydrogen-bond donors (Lipinski definition) is 1. The van der Waals surface area contributed by atoms with E-state index < -0.39 is 6.10 Å². The molecule has 0 aliphatic carbocycles. The Bertz CT molecular complexity index is 587. The number of methoxy groups -OCH3 is 1. The van der Waals surface area contributed by atoms with Crippen molar-refractivity contribution in [3.05, 3.63) is 54.4 Å². The molecule has 1 aromatic carbocycles. The van der Waals surface area contributed by atoms with E-state index in [4.69, 9.17) is 9.47 Å². The van der Waals surface area contributed by atoms with Gasteiger partial charge >= 0.3 is 0 Å². The minimum absolute atomic E-state index is 0.191. The first-order chi connectivity index (χ1) is 10.2. The number of amides is 1. The molecule has 0 spiro atoms. The van der Waals surface area contributed by atoms with Crippen LogP contribution in [0.4, 0.5) is 0 Å². The Balaban J connectivity index is 1.87. The number of aromatic nitrogens is 1. The average Bonchev–Trinajstić information content (AvgIpc) is 2.53. The Morgan fingerprint density at radius 3 is 2.76 bits per heavy atom. The smallest absolute Gasteiger partial charge is 0.261 e. The second kappa shape index (κ2) is 7.28. The number of hydrogen-bond acceptors (Lipinski definition) is 4. The molecule has 0 aliphatic rings. The average molecular weight is 286 g/mol. The van der Waals surface area contributed by atoms with Crippen molar-refractivity contribution in [1.29, 1.82) is 0 Å². The summed E-state index contributed by atoms with van der Waals surface area (Å²) in [5.41, 5.74) is 0.805. The van der Waals surface area contributed by atoms with E-state index in [9.17, 15) is 4.79 Å². The zero-order chi connectivity index (χ0) is 15.1. The van der Waals surface area contributed by atoms with Gasteiger partial charge in [0.2, 0.25) is 0 Å². The third kappa shape index (κ3) is 4.49. The standard InChI is InChI=1S/C16H18N2O3/c1-12(21-15-8-5-7-14(10-15)20-2)16(19)18-11-13-6-3-4-9-17-13/h3-10,12H,11H2,1-2H3,(H,18,19). The molecule has 0 fully saturated rings. The van der Waals surface area contributed by atoms with Crippen LogP contribution in [0.3, 0.4) is 0 Å². The summed E-state index contributed by atoms with van der Waals surface area (Å²) in [7, 11) is 1.59. The summed E-state index contributed by atoms with van der Waals surface area (Å²) in [6.45, 7) is 2.08. The van der Waals surface area contributed by atoms with Gasteiger partial charge in [-0.1, -0.05) is 12.1 Å². The van der Waals surface area contributed by atoms with Gasteiger partial charge < -0.3 is 14.8 Å². The van der Waals surface area contributed by atoms with Gasteiger partial charge in [0.25, 0.3) is 5.91 Å². The van der Waals surface area contributed by atoms with Crippen molar-refractivity contribution in [3.8, 4) is 11.5 Å². The number of carbonyl (C=O) groups is 1. The second-order valence-corrected chi connectivity index (χ2v) is 4.48. The molecule has 5 heteroatoms. The lowest BCUT2D eigenvalue weighted by Crippen LogP contribution is -2.36. The van der Waals surface area contributed by atoms with Gasteiger partial charge in [0, 0.05) is 12.3 Å². The SMILES string of the molecule is COc1cccc(OC(C)C(=O)NCc2ccccn2)c1. The molecule has 1 aromatic heterocycles. The zero-order valence-electron chi connectivity index (χ0n) is 12.1. The van der Waals surface area contributed by atoms with Crippen molar-refractivity contribution in [2.75, 3.05) is 7.11 Å². The van der Waals surface area contributed by atoms with E-state index >= 15 is 0 Å². The molecule has 21 heavy (non-hydrogen) atoms. The fourth-order valence-corrected chi connectivity index (χ4v) is 1.76. The largest absolute Gasteiger partial charge is 0.497 e. The van der Waals surface area contributed by atoms with Crippen LogP contribution in [0.2, 0.25) is 0 Å². The lowest BCUT2D eigenvalue weighted by molar-refractivity contribution is -0.127.